The summed E-state index contributed by atoms with van der Waals surface area (Å²) in [6, 6.07) is 5.77. The lowest BCUT2D eigenvalue weighted by atomic mass is 10.2. The number of nitro groups is 1. The van der Waals surface area contributed by atoms with E-state index < -0.39 is 4.92 Å². The van der Waals surface area contributed by atoms with Gasteiger partial charge in [0.05, 0.1) is 30.8 Å². The lowest BCUT2D eigenvalue weighted by Crippen LogP contribution is -2.40. The van der Waals surface area contributed by atoms with Gasteiger partial charge in [-0.1, -0.05) is 0 Å². The minimum absolute atomic E-state index is 0.0237. The van der Waals surface area contributed by atoms with Crippen molar-refractivity contribution in [2.75, 3.05) is 26.4 Å². The molecular weight excluding hydrogens is 332 g/mol. The number of rotatable bonds is 6. The van der Waals surface area contributed by atoms with Crippen molar-refractivity contribution in [3.05, 3.63) is 34.4 Å². The van der Waals surface area contributed by atoms with Crippen LogP contribution in [0.2, 0.25) is 0 Å². The van der Waals surface area contributed by atoms with E-state index >= 15 is 0 Å². The molecule has 11 nitrogen and oxygen atoms in total. The first-order valence-corrected chi connectivity index (χ1v) is 7.60. The average Bonchev–Trinajstić information content (AvgIpc) is 3.09. The molecule has 2 aromatic rings. The zero-order valence-electron chi connectivity index (χ0n) is 13.2. The molecule has 0 unspecified atom stereocenters. The second kappa shape index (κ2) is 7.77. The van der Waals surface area contributed by atoms with Gasteiger partial charge in [0, 0.05) is 24.2 Å². The lowest BCUT2D eigenvalue weighted by molar-refractivity contribution is -0.384. The number of benzene rings is 1. The standard InChI is InChI=1S/C14H16N6O5/c21-13(15-7-12-9-24-5-6-25-12)8-19-17-14(16-18-19)10-1-3-11(4-2-10)20(22)23/h1-4,12H,5-9H2,(H,15,21)/t12-/m1/s1. The van der Waals surface area contributed by atoms with E-state index in [9.17, 15) is 14.9 Å². The number of hydrogen-bond donors (Lipinski definition) is 1. The zero-order chi connectivity index (χ0) is 17.6. The molecule has 132 valence electrons. The normalized spacial score (nSPS) is 17.2. The molecule has 2 heterocycles. The number of amides is 1. The number of hydrogen-bond acceptors (Lipinski definition) is 8. The summed E-state index contributed by atoms with van der Waals surface area (Å²) in [6.07, 6.45) is -0.155. The van der Waals surface area contributed by atoms with Gasteiger partial charge in [-0.3, -0.25) is 14.9 Å². The summed E-state index contributed by atoms with van der Waals surface area (Å²) in [7, 11) is 0. The molecule has 3 rings (SSSR count). The van der Waals surface area contributed by atoms with E-state index in [0.29, 0.717) is 31.9 Å². The number of non-ortho nitro benzene ring substituents is 1. The summed E-state index contributed by atoms with van der Waals surface area (Å²) >= 11 is 0. The highest BCUT2D eigenvalue weighted by Gasteiger charge is 2.16. The first kappa shape index (κ1) is 16.9. The Hall–Kier alpha value is -2.92. The van der Waals surface area contributed by atoms with Crippen LogP contribution in [0.5, 0.6) is 0 Å². The van der Waals surface area contributed by atoms with Crippen LogP contribution in [-0.4, -0.2) is 63.5 Å². The Morgan fingerprint density at radius 2 is 2.16 bits per heavy atom. The van der Waals surface area contributed by atoms with Gasteiger partial charge in [-0.25, -0.2) is 0 Å². The molecule has 1 aliphatic heterocycles. The summed E-state index contributed by atoms with van der Waals surface area (Å²) in [5, 5.41) is 25.1. The summed E-state index contributed by atoms with van der Waals surface area (Å²) in [5.41, 5.74) is 0.550. The highest BCUT2D eigenvalue weighted by atomic mass is 16.6. The van der Waals surface area contributed by atoms with Crippen molar-refractivity contribution in [1.82, 2.24) is 25.5 Å². The third-order valence-electron chi connectivity index (χ3n) is 3.49. The van der Waals surface area contributed by atoms with E-state index in [2.05, 4.69) is 20.7 Å². The van der Waals surface area contributed by atoms with Crippen LogP contribution in [0.25, 0.3) is 11.4 Å². The van der Waals surface area contributed by atoms with Gasteiger partial charge in [0.1, 0.15) is 6.54 Å². The van der Waals surface area contributed by atoms with Crippen molar-refractivity contribution < 1.29 is 19.2 Å². The zero-order valence-corrected chi connectivity index (χ0v) is 13.2. The quantitative estimate of drug-likeness (QED) is 0.559. The first-order chi connectivity index (χ1) is 12.1. The van der Waals surface area contributed by atoms with Crippen molar-refractivity contribution in [3.63, 3.8) is 0 Å². The van der Waals surface area contributed by atoms with E-state index in [1.807, 2.05) is 0 Å². The Kier molecular flexibility index (Phi) is 5.26. The third kappa shape index (κ3) is 4.55. The van der Waals surface area contributed by atoms with Gasteiger partial charge < -0.3 is 14.8 Å². The predicted octanol–water partition coefficient (Wildman–Crippen LogP) is -0.220. The molecule has 0 saturated carbocycles. The number of tetrazole rings is 1. The van der Waals surface area contributed by atoms with Gasteiger partial charge in [0.15, 0.2) is 0 Å². The van der Waals surface area contributed by atoms with Gasteiger partial charge in [0.2, 0.25) is 11.7 Å². The Labute approximate surface area is 142 Å². The molecule has 1 saturated heterocycles. The van der Waals surface area contributed by atoms with Gasteiger partial charge in [-0.15, -0.1) is 10.2 Å². The van der Waals surface area contributed by atoms with E-state index in [-0.39, 0.29) is 30.1 Å². The smallest absolute Gasteiger partial charge is 0.269 e. The molecule has 0 spiro atoms. The molecule has 1 aromatic heterocycles. The Bertz CT molecular complexity index is 740. The topological polar surface area (TPSA) is 134 Å². The van der Waals surface area contributed by atoms with Crippen molar-refractivity contribution in [3.8, 4) is 11.4 Å². The third-order valence-corrected chi connectivity index (χ3v) is 3.49. The van der Waals surface area contributed by atoms with E-state index in [4.69, 9.17) is 9.47 Å². The summed E-state index contributed by atoms with van der Waals surface area (Å²) < 4.78 is 10.7. The van der Waals surface area contributed by atoms with E-state index in [0.717, 1.165) is 4.80 Å². The van der Waals surface area contributed by atoms with E-state index in [1.165, 1.54) is 24.3 Å². The highest BCUT2D eigenvalue weighted by Crippen LogP contribution is 2.18. The van der Waals surface area contributed by atoms with Gasteiger partial charge >= 0.3 is 0 Å². The average molecular weight is 348 g/mol. The Morgan fingerprint density at radius 3 is 2.84 bits per heavy atom. The van der Waals surface area contributed by atoms with E-state index in [1.54, 1.807) is 0 Å². The van der Waals surface area contributed by atoms with Crippen LogP contribution in [-0.2, 0) is 20.8 Å². The number of aromatic nitrogens is 4. The molecule has 1 N–H and O–H groups in total. The minimum atomic E-state index is -0.487. The maximum absolute atomic E-state index is 11.9. The van der Waals surface area contributed by atoms with Crippen LogP contribution >= 0.6 is 0 Å². The molecule has 0 bridgehead atoms. The summed E-state index contributed by atoms with van der Waals surface area (Å²) in [4.78, 5) is 23.2. The molecule has 1 fully saturated rings. The predicted molar refractivity (Wildman–Crippen MR) is 83.5 cm³/mol. The highest BCUT2D eigenvalue weighted by molar-refractivity contribution is 5.75. The Morgan fingerprint density at radius 1 is 1.36 bits per heavy atom. The van der Waals surface area contributed by atoms with Crippen molar-refractivity contribution in [2.45, 2.75) is 12.6 Å². The summed E-state index contributed by atoms with van der Waals surface area (Å²) in [5.74, 6) is 0.00790. The SMILES string of the molecule is O=C(Cn1nnc(-c2ccc([N+](=O)[O-])cc2)n1)NC[C@@H]1COCCO1. The number of nitrogens with one attached hydrogen (secondary N) is 1. The first-order valence-electron chi connectivity index (χ1n) is 7.60. The van der Waals surface area contributed by atoms with Crippen LogP contribution in [0, 0.1) is 10.1 Å². The number of carbonyl (C=O) groups excluding carboxylic acids is 1. The number of nitro benzene ring substituents is 1. The van der Waals surface area contributed by atoms with Crippen LogP contribution in [0.15, 0.2) is 24.3 Å². The molecule has 1 aromatic carbocycles. The van der Waals surface area contributed by atoms with Crippen LogP contribution < -0.4 is 5.32 Å². The second-order valence-electron chi connectivity index (χ2n) is 5.32. The van der Waals surface area contributed by atoms with Crippen molar-refractivity contribution >= 4 is 11.6 Å². The number of nitrogens with zero attached hydrogens (tertiary/aromatic N) is 5. The lowest BCUT2D eigenvalue weighted by Gasteiger charge is -2.22. The summed E-state index contributed by atoms with van der Waals surface area (Å²) in [6.45, 7) is 1.80. The van der Waals surface area contributed by atoms with Gasteiger partial charge in [-0.05, 0) is 17.3 Å². The fourth-order valence-corrected chi connectivity index (χ4v) is 2.22. The van der Waals surface area contributed by atoms with Crippen LogP contribution in [0.3, 0.4) is 0 Å². The molecule has 0 radical (unpaired) electrons. The fraction of sp³-hybridized carbons (Fsp3) is 0.429. The molecule has 1 amide bonds. The van der Waals surface area contributed by atoms with Gasteiger partial charge in [0.25, 0.3) is 5.69 Å². The van der Waals surface area contributed by atoms with Crippen molar-refractivity contribution in [1.29, 1.82) is 0 Å². The maximum Gasteiger partial charge on any atom is 0.269 e. The number of ether oxygens (including phenoxy) is 2. The molecule has 25 heavy (non-hydrogen) atoms. The second-order valence-corrected chi connectivity index (χ2v) is 5.32. The van der Waals surface area contributed by atoms with Crippen LogP contribution in [0.4, 0.5) is 5.69 Å². The van der Waals surface area contributed by atoms with Crippen molar-refractivity contribution in [2.24, 2.45) is 0 Å². The maximum atomic E-state index is 11.9. The monoisotopic (exact) mass is 348 g/mol. The Balaban J connectivity index is 1.53. The molecule has 11 heteroatoms. The minimum Gasteiger partial charge on any atom is -0.376 e. The van der Waals surface area contributed by atoms with Crippen LogP contribution in [0.1, 0.15) is 0 Å². The van der Waals surface area contributed by atoms with Gasteiger partial charge in [-0.2, -0.15) is 4.80 Å². The molecule has 0 aliphatic carbocycles. The largest absolute Gasteiger partial charge is 0.376 e. The molecule has 1 atom stereocenters. The molecular formula is C14H16N6O5. The fourth-order valence-electron chi connectivity index (χ4n) is 2.22. The number of carbonyl (C=O) groups is 1. The molecule has 1 aliphatic rings.